The molecule has 1 aromatic carbocycles. The highest BCUT2D eigenvalue weighted by atomic mass is 35.5. The molecule has 1 N–H and O–H groups in total. The first-order valence-electron chi connectivity index (χ1n) is 7.44. The van der Waals surface area contributed by atoms with Crippen LogP contribution in [0.1, 0.15) is 31.4 Å². The molecule has 1 saturated heterocycles. The molecular formula is C16H25ClN2O. The minimum atomic E-state index is 0.338. The molecule has 1 heterocycles. The lowest BCUT2D eigenvalue weighted by Crippen LogP contribution is -2.42. The van der Waals surface area contributed by atoms with Crippen molar-refractivity contribution < 1.29 is 4.74 Å². The quantitative estimate of drug-likeness (QED) is 0.902. The van der Waals surface area contributed by atoms with E-state index < -0.39 is 0 Å². The first-order chi connectivity index (χ1) is 9.72. The molecule has 0 radical (unpaired) electrons. The second-order valence-electron chi connectivity index (χ2n) is 5.39. The van der Waals surface area contributed by atoms with E-state index in [1.807, 2.05) is 25.2 Å². The van der Waals surface area contributed by atoms with Crippen LogP contribution in [-0.2, 0) is 0 Å². The zero-order valence-electron chi connectivity index (χ0n) is 12.7. The van der Waals surface area contributed by atoms with Crippen molar-refractivity contribution in [3.63, 3.8) is 0 Å². The zero-order chi connectivity index (χ0) is 14.5. The van der Waals surface area contributed by atoms with Crippen molar-refractivity contribution in [2.75, 3.05) is 33.8 Å². The number of nitrogens with one attached hydrogen (secondary N) is 1. The number of likely N-dealkylation sites (tertiary alicyclic amines) is 1. The highest BCUT2D eigenvalue weighted by molar-refractivity contribution is 6.31. The van der Waals surface area contributed by atoms with Gasteiger partial charge < -0.3 is 10.1 Å². The van der Waals surface area contributed by atoms with Gasteiger partial charge in [-0.15, -0.1) is 0 Å². The molecule has 2 unspecified atom stereocenters. The second-order valence-corrected chi connectivity index (χ2v) is 5.80. The van der Waals surface area contributed by atoms with E-state index >= 15 is 0 Å². The maximum absolute atomic E-state index is 6.50. The number of hydrogen-bond acceptors (Lipinski definition) is 3. The molecule has 20 heavy (non-hydrogen) atoms. The largest absolute Gasteiger partial charge is 0.496 e. The first kappa shape index (κ1) is 15.6. The molecule has 2 atom stereocenters. The van der Waals surface area contributed by atoms with Crippen LogP contribution >= 0.6 is 11.6 Å². The number of nitrogens with zero attached hydrogens (tertiary/aromatic N) is 1. The van der Waals surface area contributed by atoms with Crippen LogP contribution in [-0.4, -0.2) is 38.7 Å². The summed E-state index contributed by atoms with van der Waals surface area (Å²) in [6, 6.07) is 6.28. The van der Waals surface area contributed by atoms with Crippen molar-refractivity contribution in [1.82, 2.24) is 10.2 Å². The van der Waals surface area contributed by atoms with E-state index in [1.54, 1.807) is 7.11 Å². The lowest BCUT2D eigenvalue weighted by molar-refractivity contribution is 0.0962. The third-order valence-electron chi connectivity index (χ3n) is 4.26. The van der Waals surface area contributed by atoms with Gasteiger partial charge in [0.1, 0.15) is 5.75 Å². The van der Waals surface area contributed by atoms with Gasteiger partial charge in [0.25, 0.3) is 0 Å². The van der Waals surface area contributed by atoms with Crippen LogP contribution in [0.4, 0.5) is 0 Å². The molecule has 0 bridgehead atoms. The molecule has 0 aliphatic carbocycles. The SMILES string of the molecule is CCN1CCCC(CNC)C1c1c(Cl)cccc1OC. The Balaban J connectivity index is 2.43. The van der Waals surface area contributed by atoms with Gasteiger partial charge in [0.05, 0.1) is 7.11 Å². The van der Waals surface area contributed by atoms with Gasteiger partial charge in [0.15, 0.2) is 0 Å². The van der Waals surface area contributed by atoms with Crippen LogP contribution in [0.2, 0.25) is 5.02 Å². The van der Waals surface area contributed by atoms with Gasteiger partial charge in [-0.1, -0.05) is 24.6 Å². The number of rotatable bonds is 5. The Morgan fingerprint density at radius 1 is 1.45 bits per heavy atom. The smallest absolute Gasteiger partial charge is 0.125 e. The lowest BCUT2D eigenvalue weighted by atomic mass is 9.84. The van der Waals surface area contributed by atoms with Crippen molar-refractivity contribution in [3.8, 4) is 5.75 Å². The molecule has 0 amide bonds. The Labute approximate surface area is 127 Å². The van der Waals surface area contributed by atoms with Crippen molar-refractivity contribution in [3.05, 3.63) is 28.8 Å². The van der Waals surface area contributed by atoms with Crippen LogP contribution in [0.3, 0.4) is 0 Å². The summed E-state index contributed by atoms with van der Waals surface area (Å²) in [4.78, 5) is 2.52. The summed E-state index contributed by atoms with van der Waals surface area (Å²) >= 11 is 6.50. The Hall–Kier alpha value is -0.770. The van der Waals surface area contributed by atoms with Gasteiger partial charge in [0.2, 0.25) is 0 Å². The Kier molecular flexibility index (Phi) is 5.70. The topological polar surface area (TPSA) is 24.5 Å². The third-order valence-corrected chi connectivity index (χ3v) is 4.59. The standard InChI is InChI=1S/C16H25ClN2O/c1-4-19-10-6-7-12(11-18-2)16(19)15-13(17)8-5-9-14(15)20-3/h5,8-9,12,16,18H,4,6-7,10-11H2,1-3H3. The fraction of sp³-hybridized carbons (Fsp3) is 0.625. The van der Waals surface area contributed by atoms with Crippen LogP contribution in [0.5, 0.6) is 5.75 Å². The summed E-state index contributed by atoms with van der Waals surface area (Å²) in [6.45, 7) is 5.41. The zero-order valence-corrected chi connectivity index (χ0v) is 13.4. The van der Waals surface area contributed by atoms with E-state index in [2.05, 4.69) is 17.1 Å². The van der Waals surface area contributed by atoms with Crippen molar-refractivity contribution in [1.29, 1.82) is 0 Å². The molecular weight excluding hydrogens is 272 g/mol. The average Bonchev–Trinajstić information content (AvgIpc) is 2.47. The van der Waals surface area contributed by atoms with Crippen molar-refractivity contribution in [2.24, 2.45) is 5.92 Å². The fourth-order valence-electron chi connectivity index (χ4n) is 3.38. The first-order valence-corrected chi connectivity index (χ1v) is 7.81. The average molecular weight is 297 g/mol. The summed E-state index contributed by atoms with van der Waals surface area (Å²) in [6.07, 6.45) is 2.49. The maximum atomic E-state index is 6.50. The molecule has 1 aromatic rings. The molecule has 112 valence electrons. The highest BCUT2D eigenvalue weighted by Gasteiger charge is 2.34. The Bertz CT molecular complexity index is 436. The van der Waals surface area contributed by atoms with Crippen LogP contribution < -0.4 is 10.1 Å². The number of ether oxygens (including phenoxy) is 1. The minimum Gasteiger partial charge on any atom is -0.496 e. The number of halogens is 1. The maximum Gasteiger partial charge on any atom is 0.125 e. The van der Waals surface area contributed by atoms with Crippen molar-refractivity contribution >= 4 is 11.6 Å². The molecule has 0 aromatic heterocycles. The van der Waals surface area contributed by atoms with Crippen LogP contribution in [0, 0.1) is 5.92 Å². The molecule has 1 aliphatic rings. The Morgan fingerprint density at radius 3 is 2.90 bits per heavy atom. The van der Waals surface area contributed by atoms with Crippen LogP contribution in [0.25, 0.3) is 0 Å². The van der Waals surface area contributed by atoms with E-state index in [-0.39, 0.29) is 0 Å². The minimum absolute atomic E-state index is 0.338. The fourth-order valence-corrected chi connectivity index (χ4v) is 3.66. The van der Waals surface area contributed by atoms with E-state index in [9.17, 15) is 0 Å². The summed E-state index contributed by atoms with van der Waals surface area (Å²) in [5.74, 6) is 1.48. The van der Waals surface area contributed by atoms with Crippen LogP contribution in [0.15, 0.2) is 18.2 Å². The molecule has 3 nitrogen and oxygen atoms in total. The third kappa shape index (κ3) is 3.11. The Morgan fingerprint density at radius 2 is 2.25 bits per heavy atom. The summed E-state index contributed by atoms with van der Waals surface area (Å²) in [7, 11) is 3.74. The summed E-state index contributed by atoms with van der Waals surface area (Å²) in [5, 5.41) is 4.14. The van der Waals surface area contributed by atoms with Gasteiger partial charge >= 0.3 is 0 Å². The molecule has 0 saturated carbocycles. The van der Waals surface area contributed by atoms with Gasteiger partial charge in [0, 0.05) is 16.6 Å². The number of benzene rings is 1. The molecule has 1 aliphatic heterocycles. The normalized spacial score (nSPS) is 23.8. The second kappa shape index (κ2) is 7.30. The molecule has 2 rings (SSSR count). The van der Waals surface area contributed by atoms with E-state index in [1.165, 1.54) is 12.8 Å². The van der Waals surface area contributed by atoms with Gasteiger partial charge in [-0.2, -0.15) is 0 Å². The molecule has 1 fully saturated rings. The number of hydrogen-bond donors (Lipinski definition) is 1. The van der Waals surface area contributed by atoms with E-state index in [4.69, 9.17) is 16.3 Å². The van der Waals surface area contributed by atoms with Gasteiger partial charge in [-0.3, -0.25) is 4.90 Å². The number of piperidine rings is 1. The number of methoxy groups -OCH3 is 1. The summed E-state index contributed by atoms with van der Waals surface area (Å²) in [5.41, 5.74) is 1.15. The van der Waals surface area contributed by atoms with Crippen molar-refractivity contribution in [2.45, 2.75) is 25.8 Å². The highest BCUT2D eigenvalue weighted by Crippen LogP contribution is 2.42. The van der Waals surface area contributed by atoms with E-state index in [0.717, 1.165) is 36.0 Å². The molecule has 0 spiro atoms. The van der Waals surface area contributed by atoms with E-state index in [0.29, 0.717) is 12.0 Å². The predicted octanol–water partition coefficient (Wildman–Crippen LogP) is 3.34. The van der Waals surface area contributed by atoms with Gasteiger partial charge in [-0.25, -0.2) is 0 Å². The lowest BCUT2D eigenvalue weighted by Gasteiger charge is -2.42. The monoisotopic (exact) mass is 296 g/mol. The van der Waals surface area contributed by atoms with Gasteiger partial charge in [-0.05, 0) is 57.6 Å². The predicted molar refractivity (Wildman–Crippen MR) is 84.6 cm³/mol. The molecule has 4 heteroatoms. The summed E-state index contributed by atoms with van der Waals surface area (Å²) < 4.78 is 5.57.